The maximum absolute atomic E-state index is 12.8. The summed E-state index contributed by atoms with van der Waals surface area (Å²) >= 11 is 0. The van der Waals surface area contributed by atoms with Crippen molar-refractivity contribution in [3.8, 4) is 5.69 Å². The molecule has 0 amide bonds. The van der Waals surface area contributed by atoms with Gasteiger partial charge in [0.1, 0.15) is 5.82 Å². The summed E-state index contributed by atoms with van der Waals surface area (Å²) in [6.07, 6.45) is 0.661. The lowest BCUT2D eigenvalue weighted by Crippen LogP contribution is -2.02. The van der Waals surface area contributed by atoms with Gasteiger partial charge < -0.3 is 10.3 Å². The predicted molar refractivity (Wildman–Crippen MR) is 57.7 cm³/mol. The Morgan fingerprint density at radius 1 is 1.38 bits per heavy atom. The monoisotopic (exact) mass is 223 g/mol. The third kappa shape index (κ3) is 1.76. The van der Waals surface area contributed by atoms with Crippen LogP contribution in [0.2, 0.25) is 0 Å². The lowest BCUT2D eigenvalue weighted by Gasteiger charge is -2.11. The molecule has 5 heteroatoms. The number of nitrogens with zero attached hydrogens (tertiary/aromatic N) is 2. The highest BCUT2D eigenvalue weighted by molar-refractivity contribution is 5.52. The Labute approximate surface area is 91.5 Å². The summed E-state index contributed by atoms with van der Waals surface area (Å²) < 4.78 is 27.3. The number of benzene rings is 1. The van der Waals surface area contributed by atoms with Crippen LogP contribution in [0.4, 0.5) is 14.5 Å². The number of halogens is 2. The Morgan fingerprint density at radius 2 is 2.12 bits per heavy atom. The molecule has 0 atom stereocenters. The van der Waals surface area contributed by atoms with E-state index in [1.165, 1.54) is 6.07 Å². The molecule has 0 aliphatic carbocycles. The molecule has 0 aliphatic rings. The van der Waals surface area contributed by atoms with Gasteiger partial charge in [-0.2, -0.15) is 0 Å². The van der Waals surface area contributed by atoms with E-state index in [4.69, 9.17) is 5.73 Å². The van der Waals surface area contributed by atoms with Gasteiger partial charge in [0.2, 0.25) is 0 Å². The highest BCUT2D eigenvalue weighted by Crippen LogP contribution is 2.28. The van der Waals surface area contributed by atoms with Crippen LogP contribution in [0.1, 0.15) is 17.8 Å². The smallest absolute Gasteiger partial charge is 0.265 e. The first-order valence-corrected chi connectivity index (χ1v) is 4.77. The van der Waals surface area contributed by atoms with E-state index in [1.54, 1.807) is 36.0 Å². The second kappa shape index (κ2) is 3.92. The van der Waals surface area contributed by atoms with Gasteiger partial charge in [-0.1, -0.05) is 0 Å². The first-order valence-electron chi connectivity index (χ1n) is 4.77. The molecule has 16 heavy (non-hydrogen) atoms. The lowest BCUT2D eigenvalue weighted by molar-refractivity contribution is 0.151. The van der Waals surface area contributed by atoms with Gasteiger partial charge in [0.15, 0.2) is 0 Å². The van der Waals surface area contributed by atoms with Crippen molar-refractivity contribution in [3.05, 3.63) is 42.0 Å². The van der Waals surface area contributed by atoms with Gasteiger partial charge in [-0.3, -0.25) is 0 Å². The summed E-state index contributed by atoms with van der Waals surface area (Å²) in [5.74, 6) is 0.659. The molecule has 1 aromatic carbocycles. The Balaban J connectivity index is 2.61. The van der Waals surface area contributed by atoms with Gasteiger partial charge in [-0.05, 0) is 25.1 Å². The third-order valence-electron chi connectivity index (χ3n) is 2.37. The molecule has 0 unspecified atom stereocenters. The first-order chi connectivity index (χ1) is 7.59. The Kier molecular flexibility index (Phi) is 2.60. The molecule has 1 aromatic heterocycles. The van der Waals surface area contributed by atoms with Crippen molar-refractivity contribution in [2.75, 3.05) is 5.73 Å². The van der Waals surface area contributed by atoms with E-state index in [9.17, 15) is 8.78 Å². The molecular weight excluding hydrogens is 212 g/mol. The SMILES string of the molecule is Cc1nccn1-c1ccc(N)cc1C(F)F. The Morgan fingerprint density at radius 3 is 2.69 bits per heavy atom. The molecule has 1 heterocycles. The molecule has 3 nitrogen and oxygen atoms in total. The zero-order chi connectivity index (χ0) is 11.7. The summed E-state index contributed by atoms with van der Waals surface area (Å²) in [6, 6.07) is 4.46. The Hall–Kier alpha value is -1.91. The van der Waals surface area contributed by atoms with Gasteiger partial charge >= 0.3 is 0 Å². The highest BCUT2D eigenvalue weighted by Gasteiger charge is 2.15. The number of alkyl halides is 2. The van der Waals surface area contributed by atoms with Crippen LogP contribution in [0.3, 0.4) is 0 Å². The second-order valence-corrected chi connectivity index (χ2v) is 3.46. The van der Waals surface area contributed by atoms with E-state index in [0.717, 1.165) is 0 Å². The molecule has 2 rings (SSSR count). The average molecular weight is 223 g/mol. The van der Waals surface area contributed by atoms with Gasteiger partial charge in [0.25, 0.3) is 6.43 Å². The van der Waals surface area contributed by atoms with Crippen molar-refractivity contribution in [3.63, 3.8) is 0 Å². The summed E-state index contributed by atoms with van der Waals surface area (Å²) in [6.45, 7) is 1.76. The lowest BCUT2D eigenvalue weighted by atomic mass is 10.1. The third-order valence-corrected chi connectivity index (χ3v) is 2.37. The zero-order valence-corrected chi connectivity index (χ0v) is 8.69. The number of hydrogen-bond donors (Lipinski definition) is 1. The fourth-order valence-electron chi connectivity index (χ4n) is 1.60. The maximum Gasteiger partial charge on any atom is 0.265 e. The largest absolute Gasteiger partial charge is 0.399 e. The van der Waals surface area contributed by atoms with E-state index in [1.807, 2.05) is 0 Å². The molecular formula is C11H11F2N3. The van der Waals surface area contributed by atoms with Gasteiger partial charge in [0, 0.05) is 23.6 Å². The van der Waals surface area contributed by atoms with E-state index >= 15 is 0 Å². The number of hydrogen-bond acceptors (Lipinski definition) is 2. The van der Waals surface area contributed by atoms with E-state index < -0.39 is 6.43 Å². The molecule has 0 aliphatic heterocycles. The van der Waals surface area contributed by atoms with Crippen LogP contribution in [0.5, 0.6) is 0 Å². The first kappa shape index (κ1) is 10.6. The topological polar surface area (TPSA) is 43.8 Å². The van der Waals surface area contributed by atoms with Crippen LogP contribution < -0.4 is 5.73 Å². The van der Waals surface area contributed by atoms with Crippen LogP contribution in [0, 0.1) is 6.92 Å². The van der Waals surface area contributed by atoms with Gasteiger partial charge in [-0.15, -0.1) is 0 Å². The molecule has 2 aromatic rings. The number of aryl methyl sites for hydroxylation is 1. The Bertz CT molecular complexity index is 506. The van der Waals surface area contributed by atoms with Crippen molar-refractivity contribution in [1.29, 1.82) is 0 Å². The number of rotatable bonds is 2. The summed E-state index contributed by atoms with van der Waals surface area (Å²) in [4.78, 5) is 4.00. The van der Waals surface area contributed by atoms with E-state index in [0.29, 0.717) is 17.2 Å². The molecule has 0 spiro atoms. The summed E-state index contributed by atoms with van der Waals surface area (Å²) in [5.41, 5.74) is 6.16. The number of nitrogens with two attached hydrogens (primary N) is 1. The van der Waals surface area contributed by atoms with Crippen molar-refractivity contribution < 1.29 is 8.78 Å². The fourth-order valence-corrected chi connectivity index (χ4v) is 1.60. The predicted octanol–water partition coefficient (Wildman–Crippen LogP) is 2.70. The van der Waals surface area contributed by atoms with Crippen LogP contribution in [-0.2, 0) is 0 Å². The van der Waals surface area contributed by atoms with Crippen molar-refractivity contribution in [1.82, 2.24) is 9.55 Å². The number of imidazole rings is 1. The normalized spacial score (nSPS) is 11.0. The van der Waals surface area contributed by atoms with Crippen molar-refractivity contribution >= 4 is 5.69 Å². The minimum Gasteiger partial charge on any atom is -0.399 e. The second-order valence-electron chi connectivity index (χ2n) is 3.46. The van der Waals surface area contributed by atoms with Crippen LogP contribution >= 0.6 is 0 Å². The molecule has 0 bridgehead atoms. The van der Waals surface area contributed by atoms with E-state index in [2.05, 4.69) is 4.98 Å². The van der Waals surface area contributed by atoms with Crippen molar-refractivity contribution in [2.24, 2.45) is 0 Å². The van der Waals surface area contributed by atoms with Crippen LogP contribution in [0.25, 0.3) is 5.69 Å². The minimum absolute atomic E-state index is 0.0823. The number of nitrogen functional groups attached to an aromatic ring is 1. The molecule has 0 saturated heterocycles. The standard InChI is InChI=1S/C11H11F2N3/c1-7-15-4-5-16(7)10-3-2-8(14)6-9(10)11(12)13/h2-6,11H,14H2,1H3. The number of anilines is 1. The van der Waals surface area contributed by atoms with E-state index in [-0.39, 0.29) is 5.56 Å². The zero-order valence-electron chi connectivity index (χ0n) is 8.69. The fraction of sp³-hybridized carbons (Fsp3) is 0.182. The highest BCUT2D eigenvalue weighted by atomic mass is 19.3. The summed E-state index contributed by atoms with van der Waals surface area (Å²) in [5, 5.41) is 0. The molecule has 84 valence electrons. The quantitative estimate of drug-likeness (QED) is 0.795. The van der Waals surface area contributed by atoms with Crippen molar-refractivity contribution in [2.45, 2.75) is 13.3 Å². The number of aromatic nitrogens is 2. The molecule has 0 fully saturated rings. The minimum atomic E-state index is -2.56. The summed E-state index contributed by atoms with van der Waals surface area (Å²) in [7, 11) is 0. The average Bonchev–Trinajstić information content (AvgIpc) is 2.64. The molecule has 2 N–H and O–H groups in total. The molecule has 0 saturated carbocycles. The molecule has 0 radical (unpaired) electrons. The van der Waals surface area contributed by atoms with Crippen LogP contribution in [0.15, 0.2) is 30.6 Å². The van der Waals surface area contributed by atoms with Gasteiger partial charge in [-0.25, -0.2) is 13.8 Å². The van der Waals surface area contributed by atoms with Gasteiger partial charge in [0.05, 0.1) is 5.69 Å². The van der Waals surface area contributed by atoms with Crippen LogP contribution in [-0.4, -0.2) is 9.55 Å². The maximum atomic E-state index is 12.8.